The molecule has 0 radical (unpaired) electrons. The van der Waals surface area contributed by atoms with E-state index in [2.05, 4.69) is 252 Å². The highest BCUT2D eigenvalue weighted by Crippen LogP contribution is 2.46. The summed E-state index contributed by atoms with van der Waals surface area (Å²) in [5.41, 5.74) is 16.3. The molecule has 1 aromatic heterocycles. The largest absolute Gasteiger partial charge is 0.310 e. The minimum atomic E-state index is 1.08. The average Bonchev–Trinajstić information content (AvgIpc) is 3.66. The highest BCUT2D eigenvalue weighted by Gasteiger charge is 2.21. The summed E-state index contributed by atoms with van der Waals surface area (Å²) in [6.07, 6.45) is 0. The van der Waals surface area contributed by atoms with Crippen molar-refractivity contribution < 1.29 is 0 Å². The molecule has 1 heterocycles. The van der Waals surface area contributed by atoms with E-state index in [1.165, 1.54) is 66.0 Å². The lowest BCUT2D eigenvalue weighted by atomic mass is 9.88. The second kappa shape index (κ2) is 15.1. The molecule has 0 aliphatic carbocycles. The quantitative estimate of drug-likeness (QED) is 0.150. The maximum Gasteiger partial charge on any atom is 0.0541 e. The van der Waals surface area contributed by atoms with Crippen LogP contribution in [0.3, 0.4) is 0 Å². The van der Waals surface area contributed by atoms with Crippen LogP contribution in [0.2, 0.25) is 0 Å². The third-order valence-corrected chi connectivity index (χ3v) is 11.8. The molecule has 0 bridgehead atoms. The number of hydrogen-bond donors (Lipinski definition) is 0. The first kappa shape index (κ1) is 35.2. The van der Waals surface area contributed by atoms with Crippen LogP contribution >= 0.6 is 0 Å². The van der Waals surface area contributed by atoms with Gasteiger partial charge in [0.15, 0.2) is 0 Å². The Morgan fingerprint density at radius 3 is 1.45 bits per heavy atom. The molecule has 0 unspecified atom stereocenters. The highest BCUT2D eigenvalue weighted by atomic mass is 15.1. The topological polar surface area (TPSA) is 8.17 Å². The molecule has 11 aromatic rings. The van der Waals surface area contributed by atoms with Crippen molar-refractivity contribution >= 4 is 49.6 Å². The van der Waals surface area contributed by atoms with Gasteiger partial charge in [0.25, 0.3) is 0 Å². The molecule has 0 fully saturated rings. The summed E-state index contributed by atoms with van der Waals surface area (Å²) >= 11 is 0. The number of para-hydroxylation sites is 4. The zero-order valence-corrected chi connectivity index (χ0v) is 33.0. The van der Waals surface area contributed by atoms with Crippen molar-refractivity contribution in [1.82, 2.24) is 4.57 Å². The van der Waals surface area contributed by atoms with Crippen molar-refractivity contribution in [3.63, 3.8) is 0 Å². The molecular weight excluding hydrogens is 725 g/mol. The smallest absolute Gasteiger partial charge is 0.0541 e. The van der Waals surface area contributed by atoms with E-state index in [9.17, 15) is 0 Å². The fourth-order valence-corrected chi connectivity index (χ4v) is 9.06. The standard InChI is InChI=1S/C58H40N2/c1-2-19-42(20-3-1)47-22-6-7-24-49(47)50-25-8-9-26-51(50)52-27-11-15-31-56(52)59(46-39-34-41-18-4-5-21-44(41)40-46)45-37-35-43(36-38-45)48-23-10-14-30-55(48)60-57-32-16-12-28-53(57)54-29-13-17-33-58(54)60/h1-40H. The molecule has 0 amide bonds. The second-order valence-corrected chi connectivity index (χ2v) is 15.3. The van der Waals surface area contributed by atoms with Crippen molar-refractivity contribution in [2.24, 2.45) is 0 Å². The lowest BCUT2D eigenvalue weighted by molar-refractivity contribution is 1.18. The Morgan fingerprint density at radius 1 is 0.283 bits per heavy atom. The number of benzene rings is 10. The van der Waals surface area contributed by atoms with Crippen LogP contribution in [0.5, 0.6) is 0 Å². The lowest BCUT2D eigenvalue weighted by Gasteiger charge is -2.29. The van der Waals surface area contributed by atoms with Gasteiger partial charge in [-0.1, -0.05) is 194 Å². The average molecular weight is 765 g/mol. The Morgan fingerprint density at radius 2 is 0.750 bits per heavy atom. The van der Waals surface area contributed by atoms with E-state index in [-0.39, 0.29) is 0 Å². The first-order chi connectivity index (χ1) is 29.8. The number of anilines is 3. The van der Waals surface area contributed by atoms with Crippen LogP contribution in [-0.2, 0) is 0 Å². The van der Waals surface area contributed by atoms with Crippen molar-refractivity contribution in [2.75, 3.05) is 4.90 Å². The van der Waals surface area contributed by atoms with Gasteiger partial charge in [-0.05, 0) is 92.7 Å². The van der Waals surface area contributed by atoms with E-state index in [0.29, 0.717) is 0 Å². The number of aromatic nitrogens is 1. The van der Waals surface area contributed by atoms with Gasteiger partial charge in [0.1, 0.15) is 0 Å². The van der Waals surface area contributed by atoms with Crippen LogP contribution in [0.1, 0.15) is 0 Å². The predicted octanol–water partition coefficient (Wildman–Crippen LogP) is 16.1. The van der Waals surface area contributed by atoms with Crippen LogP contribution in [0.4, 0.5) is 17.1 Å². The first-order valence-electron chi connectivity index (χ1n) is 20.6. The molecule has 11 rings (SSSR count). The predicted molar refractivity (Wildman–Crippen MR) is 255 cm³/mol. The number of fused-ring (bicyclic) bond motifs is 4. The van der Waals surface area contributed by atoms with Crippen LogP contribution < -0.4 is 4.90 Å². The van der Waals surface area contributed by atoms with Gasteiger partial charge in [-0.25, -0.2) is 0 Å². The molecule has 0 N–H and O–H groups in total. The Labute approximate surface area is 350 Å². The van der Waals surface area contributed by atoms with Crippen LogP contribution in [-0.4, -0.2) is 4.57 Å². The zero-order chi connectivity index (χ0) is 39.8. The summed E-state index contributed by atoms with van der Waals surface area (Å²) in [4.78, 5) is 2.42. The Kier molecular flexibility index (Phi) is 8.87. The summed E-state index contributed by atoms with van der Waals surface area (Å²) in [5, 5.41) is 4.93. The minimum Gasteiger partial charge on any atom is -0.310 e. The monoisotopic (exact) mass is 764 g/mol. The molecule has 0 aliphatic rings. The molecule has 2 heteroatoms. The van der Waals surface area contributed by atoms with Gasteiger partial charge < -0.3 is 9.47 Å². The van der Waals surface area contributed by atoms with Gasteiger partial charge in [0.05, 0.1) is 22.4 Å². The van der Waals surface area contributed by atoms with Crippen LogP contribution in [0.15, 0.2) is 243 Å². The molecule has 0 atom stereocenters. The molecular formula is C58H40N2. The Bertz CT molecular complexity index is 3270. The lowest BCUT2D eigenvalue weighted by Crippen LogP contribution is -2.11. The van der Waals surface area contributed by atoms with Crippen molar-refractivity contribution in [2.45, 2.75) is 0 Å². The Hall–Kier alpha value is -7.94. The van der Waals surface area contributed by atoms with Gasteiger partial charge in [-0.3, -0.25) is 0 Å². The van der Waals surface area contributed by atoms with Gasteiger partial charge in [-0.2, -0.15) is 0 Å². The molecule has 10 aromatic carbocycles. The molecule has 0 saturated heterocycles. The molecule has 0 spiro atoms. The van der Waals surface area contributed by atoms with Crippen molar-refractivity contribution in [3.8, 4) is 50.2 Å². The zero-order valence-electron chi connectivity index (χ0n) is 33.0. The van der Waals surface area contributed by atoms with E-state index in [1.807, 2.05) is 0 Å². The van der Waals surface area contributed by atoms with Crippen molar-refractivity contribution in [3.05, 3.63) is 243 Å². The molecule has 0 saturated carbocycles. The molecule has 0 aliphatic heterocycles. The second-order valence-electron chi connectivity index (χ2n) is 15.3. The van der Waals surface area contributed by atoms with E-state index in [4.69, 9.17) is 0 Å². The fraction of sp³-hybridized carbons (Fsp3) is 0. The molecule has 60 heavy (non-hydrogen) atoms. The number of hydrogen-bond acceptors (Lipinski definition) is 1. The van der Waals surface area contributed by atoms with Gasteiger partial charge in [0.2, 0.25) is 0 Å². The fourth-order valence-electron chi connectivity index (χ4n) is 9.06. The van der Waals surface area contributed by atoms with Gasteiger partial charge in [-0.15, -0.1) is 0 Å². The summed E-state index contributed by atoms with van der Waals surface area (Å²) in [6.45, 7) is 0. The van der Waals surface area contributed by atoms with E-state index >= 15 is 0 Å². The normalized spacial score (nSPS) is 11.3. The number of nitrogens with zero attached hydrogens (tertiary/aromatic N) is 2. The van der Waals surface area contributed by atoms with Gasteiger partial charge in [0, 0.05) is 33.3 Å². The number of rotatable bonds is 8. The van der Waals surface area contributed by atoms with E-state index < -0.39 is 0 Å². The maximum absolute atomic E-state index is 2.42. The third-order valence-electron chi connectivity index (χ3n) is 11.8. The van der Waals surface area contributed by atoms with E-state index in [1.54, 1.807) is 0 Å². The van der Waals surface area contributed by atoms with Crippen molar-refractivity contribution in [1.29, 1.82) is 0 Å². The maximum atomic E-state index is 2.42. The third kappa shape index (κ3) is 6.14. The summed E-state index contributed by atoms with van der Waals surface area (Å²) in [5.74, 6) is 0. The van der Waals surface area contributed by atoms with Gasteiger partial charge >= 0.3 is 0 Å². The summed E-state index contributed by atoms with van der Waals surface area (Å²) in [7, 11) is 0. The van der Waals surface area contributed by atoms with Crippen LogP contribution in [0.25, 0.3) is 82.8 Å². The molecule has 2 nitrogen and oxygen atoms in total. The molecule has 282 valence electrons. The minimum absolute atomic E-state index is 1.08. The Balaban J connectivity index is 1.07. The summed E-state index contributed by atoms with van der Waals surface area (Å²) in [6, 6.07) is 87.9. The highest BCUT2D eigenvalue weighted by molar-refractivity contribution is 6.10. The van der Waals surface area contributed by atoms with Crippen LogP contribution in [0, 0.1) is 0 Å². The summed E-state index contributed by atoms with van der Waals surface area (Å²) < 4.78 is 2.42. The SMILES string of the molecule is c1ccc(-c2ccccc2-c2ccccc2-c2ccccc2N(c2ccc(-c3ccccc3-n3c4ccccc4c4ccccc43)cc2)c2ccc3ccccc3c2)cc1. The first-order valence-corrected chi connectivity index (χ1v) is 20.6. The van der Waals surface area contributed by atoms with E-state index in [0.717, 1.165) is 33.9 Å².